The van der Waals surface area contributed by atoms with Gasteiger partial charge in [-0.2, -0.15) is 0 Å². The number of rotatable bonds is 1. The Balaban J connectivity index is 2.80. The van der Waals surface area contributed by atoms with Crippen LogP contribution in [0, 0.1) is 6.92 Å². The lowest BCUT2D eigenvalue weighted by Crippen LogP contribution is -1.96. The van der Waals surface area contributed by atoms with Gasteiger partial charge in [0.05, 0.1) is 5.69 Å². The topological polar surface area (TPSA) is 63.3 Å². The molecule has 14 heavy (non-hydrogen) atoms. The van der Waals surface area contributed by atoms with Crippen LogP contribution in [0.1, 0.15) is 15.2 Å². The number of carbonyl (C=O) groups is 1. The number of anilines is 1. The van der Waals surface area contributed by atoms with Crippen LogP contribution < -0.4 is 5.73 Å². The molecule has 3 nitrogen and oxygen atoms in total. The van der Waals surface area contributed by atoms with Gasteiger partial charge in [-0.3, -0.25) is 0 Å². The van der Waals surface area contributed by atoms with Gasteiger partial charge in [0.25, 0.3) is 0 Å². The van der Waals surface area contributed by atoms with Gasteiger partial charge in [-0.25, -0.2) is 4.79 Å². The van der Waals surface area contributed by atoms with Crippen LogP contribution in [0.5, 0.6) is 0 Å². The summed E-state index contributed by atoms with van der Waals surface area (Å²) in [4.78, 5) is 11.0. The second kappa shape index (κ2) is 2.99. The van der Waals surface area contributed by atoms with Crippen molar-refractivity contribution in [3.8, 4) is 0 Å². The molecule has 1 aromatic carbocycles. The van der Waals surface area contributed by atoms with Gasteiger partial charge in [0, 0.05) is 10.1 Å². The Bertz CT molecular complexity index is 516. The van der Waals surface area contributed by atoms with Crippen LogP contribution in [0.2, 0.25) is 0 Å². The molecule has 0 unspecified atom stereocenters. The highest BCUT2D eigenvalue weighted by molar-refractivity contribution is 7.21. The number of fused-ring (bicyclic) bond motifs is 1. The average molecular weight is 207 g/mol. The van der Waals surface area contributed by atoms with E-state index >= 15 is 0 Å². The van der Waals surface area contributed by atoms with Crippen LogP contribution in [0.4, 0.5) is 5.69 Å². The summed E-state index contributed by atoms with van der Waals surface area (Å²) in [6, 6.07) is 5.76. The van der Waals surface area contributed by atoms with Crippen LogP contribution in [0.25, 0.3) is 10.1 Å². The molecule has 0 amide bonds. The minimum atomic E-state index is -0.957. The van der Waals surface area contributed by atoms with Crippen LogP contribution >= 0.6 is 11.3 Å². The average Bonchev–Trinajstić information content (AvgIpc) is 2.44. The first kappa shape index (κ1) is 9.02. The summed E-state index contributed by atoms with van der Waals surface area (Å²) in [5.74, 6) is -0.957. The number of nitrogens with two attached hydrogens (primary N) is 1. The largest absolute Gasteiger partial charge is 0.477 e. The first-order valence-corrected chi connectivity index (χ1v) is 4.93. The molecule has 72 valence electrons. The zero-order valence-electron chi connectivity index (χ0n) is 7.57. The summed E-state index contributed by atoms with van der Waals surface area (Å²) < 4.78 is 0.922. The maximum absolute atomic E-state index is 10.8. The lowest BCUT2D eigenvalue weighted by Gasteiger charge is -1.94. The number of carboxylic acids is 1. The van der Waals surface area contributed by atoms with Crippen molar-refractivity contribution in [3.63, 3.8) is 0 Å². The maximum atomic E-state index is 10.8. The molecule has 0 aliphatic heterocycles. The molecule has 0 spiro atoms. The summed E-state index contributed by atoms with van der Waals surface area (Å²) >= 11 is 1.22. The quantitative estimate of drug-likeness (QED) is 0.755. The second-order valence-electron chi connectivity index (χ2n) is 3.15. The number of carboxylic acid groups (broad SMARTS) is 1. The SMILES string of the molecule is Cc1ccc2sc(C(=O)O)c(N)c2c1. The first-order valence-electron chi connectivity index (χ1n) is 4.11. The van der Waals surface area contributed by atoms with E-state index < -0.39 is 5.97 Å². The van der Waals surface area contributed by atoms with Gasteiger partial charge >= 0.3 is 5.97 Å². The van der Waals surface area contributed by atoms with Crippen molar-refractivity contribution in [2.45, 2.75) is 6.92 Å². The third-order valence-electron chi connectivity index (χ3n) is 2.08. The molecular formula is C10H9NO2S. The highest BCUT2D eigenvalue weighted by Gasteiger charge is 2.14. The van der Waals surface area contributed by atoms with Gasteiger partial charge < -0.3 is 10.8 Å². The van der Waals surface area contributed by atoms with E-state index in [4.69, 9.17) is 10.8 Å². The number of thiophene rings is 1. The number of nitrogen functional groups attached to an aromatic ring is 1. The van der Waals surface area contributed by atoms with E-state index in [1.807, 2.05) is 25.1 Å². The Morgan fingerprint density at radius 2 is 2.21 bits per heavy atom. The molecule has 2 aromatic rings. The molecule has 0 atom stereocenters. The number of aryl methyl sites for hydroxylation is 1. The fraction of sp³-hybridized carbons (Fsp3) is 0.100. The van der Waals surface area contributed by atoms with E-state index in [9.17, 15) is 4.79 Å². The fourth-order valence-corrected chi connectivity index (χ4v) is 2.33. The summed E-state index contributed by atoms with van der Waals surface area (Å²) in [5.41, 5.74) is 7.20. The Hall–Kier alpha value is -1.55. The van der Waals surface area contributed by atoms with E-state index in [1.165, 1.54) is 11.3 Å². The summed E-state index contributed by atoms with van der Waals surface area (Å²) in [5, 5.41) is 9.71. The Kier molecular flexibility index (Phi) is 1.93. The summed E-state index contributed by atoms with van der Waals surface area (Å²) in [6.07, 6.45) is 0. The standard InChI is InChI=1S/C10H9NO2S/c1-5-2-3-7-6(4-5)8(11)9(14-7)10(12)13/h2-4H,11H2,1H3,(H,12,13). The molecule has 1 aromatic heterocycles. The molecule has 4 heteroatoms. The lowest BCUT2D eigenvalue weighted by atomic mass is 10.1. The Labute approximate surface area is 84.8 Å². The third-order valence-corrected chi connectivity index (χ3v) is 3.25. The molecule has 0 saturated carbocycles. The van der Waals surface area contributed by atoms with Crippen molar-refractivity contribution in [1.82, 2.24) is 0 Å². The van der Waals surface area contributed by atoms with E-state index in [0.717, 1.165) is 15.6 Å². The smallest absolute Gasteiger partial charge is 0.348 e. The van der Waals surface area contributed by atoms with Gasteiger partial charge in [0.2, 0.25) is 0 Å². The Morgan fingerprint density at radius 1 is 1.50 bits per heavy atom. The number of benzene rings is 1. The molecule has 0 aliphatic rings. The van der Waals surface area contributed by atoms with Crippen molar-refractivity contribution in [2.75, 3.05) is 5.73 Å². The number of hydrogen-bond donors (Lipinski definition) is 2. The van der Waals surface area contributed by atoms with Crippen molar-refractivity contribution in [1.29, 1.82) is 0 Å². The monoisotopic (exact) mass is 207 g/mol. The van der Waals surface area contributed by atoms with Gasteiger partial charge in [-0.05, 0) is 19.1 Å². The van der Waals surface area contributed by atoms with Crippen LogP contribution in [-0.2, 0) is 0 Å². The van der Waals surface area contributed by atoms with Crippen molar-refractivity contribution in [2.24, 2.45) is 0 Å². The van der Waals surface area contributed by atoms with Gasteiger partial charge in [-0.1, -0.05) is 11.6 Å². The van der Waals surface area contributed by atoms with Gasteiger partial charge in [0.1, 0.15) is 4.88 Å². The predicted octanol–water partition coefficient (Wildman–Crippen LogP) is 2.49. The van der Waals surface area contributed by atoms with Crippen LogP contribution in [0.3, 0.4) is 0 Å². The predicted molar refractivity (Wildman–Crippen MR) is 57.9 cm³/mol. The number of aromatic carboxylic acids is 1. The summed E-state index contributed by atoms with van der Waals surface area (Å²) in [7, 11) is 0. The minimum Gasteiger partial charge on any atom is -0.477 e. The molecule has 2 rings (SSSR count). The molecule has 3 N–H and O–H groups in total. The second-order valence-corrected chi connectivity index (χ2v) is 4.20. The van der Waals surface area contributed by atoms with Gasteiger partial charge in [-0.15, -0.1) is 11.3 Å². The van der Waals surface area contributed by atoms with Crippen molar-refractivity contribution < 1.29 is 9.90 Å². The molecule has 0 bridgehead atoms. The maximum Gasteiger partial charge on any atom is 0.348 e. The molecule has 1 heterocycles. The van der Waals surface area contributed by atoms with E-state index in [2.05, 4.69) is 0 Å². The van der Waals surface area contributed by atoms with E-state index in [0.29, 0.717) is 5.69 Å². The number of hydrogen-bond acceptors (Lipinski definition) is 3. The van der Waals surface area contributed by atoms with Gasteiger partial charge in [0.15, 0.2) is 0 Å². The third kappa shape index (κ3) is 1.24. The molecule has 0 aliphatic carbocycles. The zero-order valence-corrected chi connectivity index (χ0v) is 8.39. The molecule has 0 radical (unpaired) electrons. The minimum absolute atomic E-state index is 0.227. The zero-order chi connectivity index (χ0) is 10.3. The molecule has 0 saturated heterocycles. The van der Waals surface area contributed by atoms with E-state index in [-0.39, 0.29) is 4.88 Å². The first-order chi connectivity index (χ1) is 6.59. The fourth-order valence-electron chi connectivity index (χ4n) is 1.39. The Morgan fingerprint density at radius 3 is 2.86 bits per heavy atom. The highest BCUT2D eigenvalue weighted by Crippen LogP contribution is 2.33. The van der Waals surface area contributed by atoms with E-state index in [1.54, 1.807) is 0 Å². The molecule has 0 fully saturated rings. The normalized spacial score (nSPS) is 10.6. The highest BCUT2D eigenvalue weighted by atomic mass is 32.1. The van der Waals surface area contributed by atoms with Crippen LogP contribution in [-0.4, -0.2) is 11.1 Å². The van der Waals surface area contributed by atoms with Crippen molar-refractivity contribution in [3.05, 3.63) is 28.6 Å². The van der Waals surface area contributed by atoms with Crippen molar-refractivity contribution >= 4 is 33.1 Å². The lowest BCUT2D eigenvalue weighted by molar-refractivity contribution is 0.0703. The summed E-state index contributed by atoms with van der Waals surface area (Å²) in [6.45, 7) is 1.96. The van der Waals surface area contributed by atoms with Crippen LogP contribution in [0.15, 0.2) is 18.2 Å². The molecular weight excluding hydrogens is 198 g/mol.